The van der Waals surface area contributed by atoms with Gasteiger partial charge in [0, 0.05) is 12.6 Å². The van der Waals surface area contributed by atoms with Crippen molar-refractivity contribution in [2.24, 2.45) is 0 Å². The van der Waals surface area contributed by atoms with Crippen LogP contribution in [0.4, 0.5) is 0 Å². The summed E-state index contributed by atoms with van der Waals surface area (Å²) in [5.41, 5.74) is 0. The summed E-state index contributed by atoms with van der Waals surface area (Å²) in [4.78, 5) is 14.0. The Hall–Kier alpha value is -1.50. The monoisotopic (exact) mass is 266 g/mol. The first-order valence-corrected chi connectivity index (χ1v) is 6.99. The fourth-order valence-electron chi connectivity index (χ4n) is 2.57. The van der Waals surface area contributed by atoms with Crippen LogP contribution in [-0.2, 0) is 0 Å². The Morgan fingerprint density at radius 1 is 1.42 bits per heavy atom. The van der Waals surface area contributed by atoms with Gasteiger partial charge in [-0.2, -0.15) is 5.21 Å². The first kappa shape index (κ1) is 13.9. The smallest absolute Gasteiger partial charge is 0.292 e. The lowest BCUT2D eigenvalue weighted by Crippen LogP contribution is -2.36. The van der Waals surface area contributed by atoms with E-state index in [1.807, 2.05) is 0 Å². The standard InChI is InChI=1S/C12H22N6O/c1-18(10-6-3-2-4-7-10)9-5-8-13-12(19)11-14-16-17-15-11/h10H,2-9H2,1H3,(H,13,19)(H,14,15,16,17). The van der Waals surface area contributed by atoms with Crippen molar-refractivity contribution < 1.29 is 4.79 Å². The Morgan fingerprint density at radius 2 is 2.21 bits per heavy atom. The van der Waals surface area contributed by atoms with Crippen LogP contribution in [0.5, 0.6) is 0 Å². The number of H-pyrrole nitrogens is 1. The molecule has 1 aromatic heterocycles. The van der Waals surface area contributed by atoms with Gasteiger partial charge in [-0.3, -0.25) is 4.79 Å². The molecule has 0 atom stereocenters. The summed E-state index contributed by atoms with van der Waals surface area (Å²) in [5, 5.41) is 15.7. The molecule has 19 heavy (non-hydrogen) atoms. The topological polar surface area (TPSA) is 86.8 Å². The third kappa shape index (κ3) is 4.27. The van der Waals surface area contributed by atoms with Gasteiger partial charge in [0.1, 0.15) is 0 Å². The molecule has 0 unspecified atom stereocenters. The van der Waals surface area contributed by atoms with E-state index < -0.39 is 0 Å². The highest BCUT2D eigenvalue weighted by Gasteiger charge is 2.17. The molecule has 0 radical (unpaired) electrons. The van der Waals surface area contributed by atoms with Crippen molar-refractivity contribution in [3.05, 3.63) is 5.82 Å². The van der Waals surface area contributed by atoms with Crippen LogP contribution >= 0.6 is 0 Å². The summed E-state index contributed by atoms with van der Waals surface area (Å²) in [6, 6.07) is 0.724. The van der Waals surface area contributed by atoms with E-state index in [1.165, 1.54) is 32.1 Å². The maximum atomic E-state index is 11.5. The summed E-state index contributed by atoms with van der Waals surface area (Å²) in [7, 11) is 2.18. The van der Waals surface area contributed by atoms with E-state index in [-0.39, 0.29) is 11.7 Å². The van der Waals surface area contributed by atoms with Crippen molar-refractivity contribution in [2.75, 3.05) is 20.1 Å². The van der Waals surface area contributed by atoms with Crippen LogP contribution in [0.3, 0.4) is 0 Å². The minimum absolute atomic E-state index is 0.0978. The second-order valence-corrected chi connectivity index (χ2v) is 5.12. The molecule has 2 rings (SSSR count). The molecule has 1 aliphatic rings. The second kappa shape index (κ2) is 7.18. The number of hydrogen-bond acceptors (Lipinski definition) is 5. The Labute approximate surface area is 113 Å². The molecule has 1 aliphatic carbocycles. The van der Waals surface area contributed by atoms with E-state index in [2.05, 4.69) is 37.9 Å². The van der Waals surface area contributed by atoms with Gasteiger partial charge < -0.3 is 10.2 Å². The van der Waals surface area contributed by atoms with Gasteiger partial charge in [0.25, 0.3) is 11.7 Å². The number of carbonyl (C=O) groups is 1. The fourth-order valence-corrected chi connectivity index (χ4v) is 2.57. The number of tetrazole rings is 1. The van der Waals surface area contributed by atoms with E-state index in [0.717, 1.165) is 19.0 Å². The van der Waals surface area contributed by atoms with Crippen LogP contribution < -0.4 is 5.32 Å². The van der Waals surface area contributed by atoms with Crippen molar-refractivity contribution in [3.63, 3.8) is 0 Å². The highest BCUT2D eigenvalue weighted by Crippen LogP contribution is 2.21. The average Bonchev–Trinajstić information content (AvgIpc) is 2.98. The summed E-state index contributed by atoms with van der Waals surface area (Å²) in [5.74, 6) is -0.172. The molecule has 106 valence electrons. The molecule has 1 heterocycles. The molecule has 1 saturated carbocycles. The Balaban J connectivity index is 1.59. The van der Waals surface area contributed by atoms with Crippen LogP contribution in [0.2, 0.25) is 0 Å². The Morgan fingerprint density at radius 3 is 2.89 bits per heavy atom. The van der Waals surface area contributed by atoms with Crippen LogP contribution in [0.15, 0.2) is 0 Å². The van der Waals surface area contributed by atoms with Gasteiger partial charge in [-0.1, -0.05) is 19.3 Å². The molecular weight excluding hydrogens is 244 g/mol. The van der Waals surface area contributed by atoms with Crippen molar-refractivity contribution in [1.29, 1.82) is 0 Å². The molecule has 0 bridgehead atoms. The number of carbonyl (C=O) groups excluding carboxylic acids is 1. The van der Waals surface area contributed by atoms with Crippen LogP contribution in [0.1, 0.15) is 49.1 Å². The number of aromatic nitrogens is 4. The first-order chi connectivity index (χ1) is 9.27. The highest BCUT2D eigenvalue weighted by atomic mass is 16.2. The minimum Gasteiger partial charge on any atom is -0.349 e. The quantitative estimate of drug-likeness (QED) is 0.736. The molecule has 1 aromatic rings. The molecule has 7 nitrogen and oxygen atoms in total. The molecular formula is C12H22N6O. The van der Waals surface area contributed by atoms with Gasteiger partial charge >= 0.3 is 0 Å². The van der Waals surface area contributed by atoms with Gasteiger partial charge in [0.15, 0.2) is 0 Å². The van der Waals surface area contributed by atoms with Crippen molar-refractivity contribution in [2.45, 2.75) is 44.6 Å². The molecule has 2 N–H and O–H groups in total. The summed E-state index contributed by atoms with van der Waals surface area (Å²) in [6.07, 6.45) is 7.65. The van der Waals surface area contributed by atoms with Gasteiger partial charge in [-0.05, 0) is 38.1 Å². The zero-order valence-electron chi connectivity index (χ0n) is 11.4. The maximum absolute atomic E-state index is 11.5. The largest absolute Gasteiger partial charge is 0.349 e. The number of hydrogen-bond donors (Lipinski definition) is 2. The van der Waals surface area contributed by atoms with E-state index >= 15 is 0 Å². The van der Waals surface area contributed by atoms with Crippen molar-refractivity contribution in [1.82, 2.24) is 30.8 Å². The highest BCUT2D eigenvalue weighted by molar-refractivity contribution is 5.89. The molecule has 1 amide bonds. The van der Waals surface area contributed by atoms with Crippen LogP contribution in [0, 0.1) is 0 Å². The van der Waals surface area contributed by atoms with Gasteiger partial charge in [-0.25, -0.2) is 0 Å². The molecule has 0 aromatic carbocycles. The van der Waals surface area contributed by atoms with Gasteiger partial charge in [0.2, 0.25) is 0 Å². The third-order valence-electron chi connectivity index (χ3n) is 3.72. The van der Waals surface area contributed by atoms with E-state index in [0.29, 0.717) is 6.54 Å². The number of nitrogens with zero attached hydrogens (tertiary/aromatic N) is 4. The molecule has 1 fully saturated rings. The first-order valence-electron chi connectivity index (χ1n) is 6.99. The van der Waals surface area contributed by atoms with Crippen LogP contribution in [0.25, 0.3) is 0 Å². The SMILES string of the molecule is CN(CCCNC(=O)c1nn[nH]n1)C1CCCCC1. The number of rotatable bonds is 6. The number of amides is 1. The van der Waals surface area contributed by atoms with Gasteiger partial charge in [0.05, 0.1) is 0 Å². The molecule has 7 heteroatoms. The lowest BCUT2D eigenvalue weighted by molar-refractivity contribution is 0.0940. The zero-order chi connectivity index (χ0) is 13.5. The minimum atomic E-state index is -0.269. The third-order valence-corrected chi connectivity index (χ3v) is 3.72. The average molecular weight is 266 g/mol. The lowest BCUT2D eigenvalue weighted by atomic mass is 9.94. The second-order valence-electron chi connectivity index (χ2n) is 5.12. The molecule has 0 saturated heterocycles. The van der Waals surface area contributed by atoms with Crippen molar-refractivity contribution >= 4 is 5.91 Å². The molecule has 0 spiro atoms. The summed E-state index contributed by atoms with van der Waals surface area (Å²) < 4.78 is 0. The zero-order valence-corrected chi connectivity index (χ0v) is 11.4. The van der Waals surface area contributed by atoms with Crippen LogP contribution in [-0.4, -0.2) is 57.6 Å². The Kier molecular flexibility index (Phi) is 5.26. The molecule has 0 aliphatic heterocycles. The summed E-state index contributed by atoms with van der Waals surface area (Å²) in [6.45, 7) is 1.65. The number of nitrogens with one attached hydrogen (secondary N) is 2. The van der Waals surface area contributed by atoms with Gasteiger partial charge in [-0.15, -0.1) is 10.2 Å². The maximum Gasteiger partial charge on any atom is 0.292 e. The Bertz CT molecular complexity index is 374. The fraction of sp³-hybridized carbons (Fsp3) is 0.833. The van der Waals surface area contributed by atoms with E-state index in [1.54, 1.807) is 0 Å². The summed E-state index contributed by atoms with van der Waals surface area (Å²) >= 11 is 0. The predicted molar refractivity (Wildman–Crippen MR) is 70.6 cm³/mol. The van der Waals surface area contributed by atoms with Crippen molar-refractivity contribution in [3.8, 4) is 0 Å². The number of aromatic amines is 1. The van der Waals surface area contributed by atoms with E-state index in [9.17, 15) is 4.79 Å². The normalized spacial score (nSPS) is 16.7. The van der Waals surface area contributed by atoms with E-state index in [4.69, 9.17) is 0 Å². The predicted octanol–water partition coefficient (Wildman–Crippen LogP) is 0.584. The lowest BCUT2D eigenvalue weighted by Gasteiger charge is -2.31.